The van der Waals surface area contributed by atoms with Crippen LogP contribution >= 0.6 is 0 Å². The zero-order valence-corrected chi connectivity index (χ0v) is 19.4. The number of nitrogens with one attached hydrogen (secondary N) is 1. The fraction of sp³-hybridized carbons (Fsp3) is 0.458. The maximum Gasteiger partial charge on any atom is 0.243 e. The molecule has 0 spiro atoms. The SMILES string of the molecule is Cc1ccc2c(c1)[C@@H](NC(=O)C1CCN(S(=O)(=O)c3ccc(F)cc3)CC1)CC(C)(C)O2. The molecule has 2 aromatic carbocycles. The summed E-state index contributed by atoms with van der Waals surface area (Å²) in [6.07, 6.45) is 1.55. The molecule has 0 aliphatic carbocycles. The number of sulfonamides is 1. The Morgan fingerprint density at radius 1 is 1.12 bits per heavy atom. The Hall–Kier alpha value is -2.45. The van der Waals surface area contributed by atoms with Gasteiger partial charge in [-0.2, -0.15) is 4.31 Å². The number of benzene rings is 2. The van der Waals surface area contributed by atoms with Crippen molar-refractivity contribution in [3.8, 4) is 5.75 Å². The topological polar surface area (TPSA) is 75.7 Å². The molecule has 0 aromatic heterocycles. The molecule has 0 radical (unpaired) electrons. The van der Waals surface area contributed by atoms with E-state index in [0.717, 1.165) is 29.0 Å². The minimum absolute atomic E-state index is 0.0565. The van der Waals surface area contributed by atoms with Crippen molar-refractivity contribution >= 4 is 15.9 Å². The number of halogens is 1. The predicted molar refractivity (Wildman–Crippen MR) is 119 cm³/mol. The van der Waals surface area contributed by atoms with Crippen LogP contribution in [0, 0.1) is 18.7 Å². The number of aryl methyl sites for hydroxylation is 1. The summed E-state index contributed by atoms with van der Waals surface area (Å²) in [7, 11) is -3.70. The van der Waals surface area contributed by atoms with Crippen LogP contribution in [0.25, 0.3) is 0 Å². The number of rotatable bonds is 4. The van der Waals surface area contributed by atoms with Crippen molar-refractivity contribution in [3.05, 3.63) is 59.4 Å². The van der Waals surface area contributed by atoms with Crippen LogP contribution in [0.15, 0.2) is 47.4 Å². The van der Waals surface area contributed by atoms with Gasteiger partial charge in [0.2, 0.25) is 15.9 Å². The third-order valence-electron chi connectivity index (χ3n) is 6.22. The van der Waals surface area contributed by atoms with Gasteiger partial charge in [0.15, 0.2) is 0 Å². The van der Waals surface area contributed by atoms with Gasteiger partial charge in [0.25, 0.3) is 0 Å². The van der Waals surface area contributed by atoms with Gasteiger partial charge in [0, 0.05) is 31.0 Å². The van der Waals surface area contributed by atoms with Gasteiger partial charge in [-0.1, -0.05) is 17.7 Å². The number of piperidine rings is 1. The lowest BCUT2D eigenvalue weighted by Crippen LogP contribution is -2.46. The van der Waals surface area contributed by atoms with Crippen LogP contribution in [0.3, 0.4) is 0 Å². The third-order valence-corrected chi connectivity index (χ3v) is 8.13. The highest BCUT2D eigenvalue weighted by Gasteiger charge is 2.37. The smallest absolute Gasteiger partial charge is 0.243 e. The number of carbonyl (C=O) groups excluding carboxylic acids is 1. The first kappa shape index (κ1) is 22.7. The summed E-state index contributed by atoms with van der Waals surface area (Å²) in [4.78, 5) is 13.1. The Bertz CT molecular complexity index is 1110. The fourth-order valence-electron chi connectivity index (χ4n) is 4.51. The molecule has 2 aliphatic rings. The van der Waals surface area contributed by atoms with E-state index in [1.165, 1.54) is 16.4 Å². The maximum absolute atomic E-state index is 13.2. The van der Waals surface area contributed by atoms with Crippen LogP contribution in [0.4, 0.5) is 4.39 Å². The molecule has 0 bridgehead atoms. The first-order chi connectivity index (χ1) is 15.0. The van der Waals surface area contributed by atoms with Crippen molar-refractivity contribution in [1.29, 1.82) is 0 Å². The standard InChI is InChI=1S/C24H29FN2O4S/c1-16-4-9-22-20(14-16)21(15-24(2,3)31-22)26-23(28)17-10-12-27(13-11-17)32(29,30)19-7-5-18(25)6-8-19/h4-9,14,17,21H,10-13,15H2,1-3H3,(H,26,28)/t21-/m0/s1. The molecule has 4 rings (SSSR count). The monoisotopic (exact) mass is 460 g/mol. The number of fused-ring (bicyclic) bond motifs is 1. The normalized spacial score (nSPS) is 21.4. The molecule has 1 fully saturated rings. The first-order valence-electron chi connectivity index (χ1n) is 10.9. The van der Waals surface area contributed by atoms with E-state index in [1.807, 2.05) is 39.0 Å². The first-order valence-corrected chi connectivity index (χ1v) is 12.3. The minimum Gasteiger partial charge on any atom is -0.487 e. The molecule has 6 nitrogen and oxygen atoms in total. The van der Waals surface area contributed by atoms with E-state index < -0.39 is 21.4 Å². The van der Waals surface area contributed by atoms with Gasteiger partial charge in [-0.05, 0) is 63.9 Å². The molecule has 2 aromatic rings. The van der Waals surface area contributed by atoms with E-state index in [1.54, 1.807) is 0 Å². The van der Waals surface area contributed by atoms with Gasteiger partial charge in [0.05, 0.1) is 10.9 Å². The number of hydrogen-bond acceptors (Lipinski definition) is 4. The second-order valence-corrected chi connectivity index (χ2v) is 11.2. The molecule has 2 heterocycles. The van der Waals surface area contributed by atoms with E-state index in [0.29, 0.717) is 19.3 Å². The summed E-state index contributed by atoms with van der Waals surface area (Å²) >= 11 is 0. The quantitative estimate of drug-likeness (QED) is 0.750. The van der Waals surface area contributed by atoms with Crippen LogP contribution in [-0.2, 0) is 14.8 Å². The highest BCUT2D eigenvalue weighted by Crippen LogP contribution is 2.40. The van der Waals surface area contributed by atoms with Gasteiger partial charge in [-0.15, -0.1) is 0 Å². The van der Waals surface area contributed by atoms with Crippen LogP contribution in [-0.4, -0.2) is 37.3 Å². The van der Waals surface area contributed by atoms with E-state index in [2.05, 4.69) is 5.32 Å². The fourth-order valence-corrected chi connectivity index (χ4v) is 5.98. The Kier molecular flexibility index (Phi) is 6.02. The van der Waals surface area contributed by atoms with Crippen molar-refractivity contribution in [3.63, 3.8) is 0 Å². The van der Waals surface area contributed by atoms with Crippen molar-refractivity contribution in [1.82, 2.24) is 9.62 Å². The molecule has 32 heavy (non-hydrogen) atoms. The van der Waals surface area contributed by atoms with Crippen LogP contribution in [0.5, 0.6) is 5.75 Å². The van der Waals surface area contributed by atoms with Crippen LogP contribution in [0.2, 0.25) is 0 Å². The summed E-state index contributed by atoms with van der Waals surface area (Å²) in [6, 6.07) is 10.7. The average Bonchev–Trinajstić information content (AvgIpc) is 2.74. The molecule has 1 amide bonds. The van der Waals surface area contributed by atoms with Crippen molar-refractivity contribution < 1.29 is 22.3 Å². The number of amides is 1. The van der Waals surface area contributed by atoms with Crippen molar-refractivity contribution in [2.45, 2.75) is 56.6 Å². The lowest BCUT2D eigenvalue weighted by Gasteiger charge is -2.39. The number of nitrogens with zero attached hydrogens (tertiary/aromatic N) is 1. The average molecular weight is 461 g/mol. The largest absolute Gasteiger partial charge is 0.487 e. The molecule has 0 saturated carbocycles. The lowest BCUT2D eigenvalue weighted by molar-refractivity contribution is -0.127. The third kappa shape index (κ3) is 4.66. The molecule has 0 unspecified atom stereocenters. The molecule has 1 atom stereocenters. The number of hydrogen-bond donors (Lipinski definition) is 1. The minimum atomic E-state index is -3.70. The Labute approximate surface area is 188 Å². The number of ether oxygens (including phenoxy) is 1. The van der Waals surface area contributed by atoms with Gasteiger partial charge >= 0.3 is 0 Å². The zero-order chi connectivity index (χ0) is 23.1. The summed E-state index contributed by atoms with van der Waals surface area (Å²) < 4.78 is 46.3. The second kappa shape index (κ2) is 8.48. The zero-order valence-electron chi connectivity index (χ0n) is 18.6. The second-order valence-electron chi connectivity index (χ2n) is 9.30. The molecular formula is C24H29FN2O4S. The molecule has 1 saturated heterocycles. The Morgan fingerprint density at radius 2 is 1.78 bits per heavy atom. The van der Waals surface area contributed by atoms with Gasteiger partial charge in [0.1, 0.15) is 17.2 Å². The van der Waals surface area contributed by atoms with Gasteiger partial charge in [-0.25, -0.2) is 12.8 Å². The van der Waals surface area contributed by atoms with E-state index in [-0.39, 0.29) is 35.9 Å². The highest BCUT2D eigenvalue weighted by molar-refractivity contribution is 7.89. The van der Waals surface area contributed by atoms with E-state index in [9.17, 15) is 17.6 Å². The molecule has 172 valence electrons. The molecule has 8 heteroatoms. The van der Waals surface area contributed by atoms with Gasteiger partial charge in [-0.3, -0.25) is 4.79 Å². The predicted octanol–water partition coefficient (Wildman–Crippen LogP) is 3.95. The van der Waals surface area contributed by atoms with Crippen molar-refractivity contribution in [2.24, 2.45) is 5.92 Å². The summed E-state index contributed by atoms with van der Waals surface area (Å²) in [5.41, 5.74) is 1.69. The Balaban J connectivity index is 1.42. The van der Waals surface area contributed by atoms with Gasteiger partial charge < -0.3 is 10.1 Å². The summed E-state index contributed by atoms with van der Waals surface area (Å²) in [6.45, 7) is 6.54. The van der Waals surface area contributed by atoms with E-state index >= 15 is 0 Å². The maximum atomic E-state index is 13.2. The molecule has 1 N–H and O–H groups in total. The summed E-state index contributed by atoms with van der Waals surface area (Å²) in [5.74, 6) is -0.00221. The highest BCUT2D eigenvalue weighted by atomic mass is 32.2. The molecular weight excluding hydrogens is 431 g/mol. The van der Waals surface area contributed by atoms with Crippen LogP contribution in [0.1, 0.15) is 50.3 Å². The Morgan fingerprint density at radius 3 is 2.44 bits per heavy atom. The summed E-state index contributed by atoms with van der Waals surface area (Å²) in [5, 5.41) is 3.19. The molecule has 2 aliphatic heterocycles. The van der Waals surface area contributed by atoms with E-state index in [4.69, 9.17) is 4.74 Å². The van der Waals surface area contributed by atoms with Crippen LogP contribution < -0.4 is 10.1 Å². The van der Waals surface area contributed by atoms with Crippen molar-refractivity contribution in [2.75, 3.05) is 13.1 Å². The lowest BCUT2D eigenvalue weighted by atomic mass is 9.88. The number of carbonyl (C=O) groups is 1.